The van der Waals surface area contributed by atoms with Gasteiger partial charge in [0.05, 0.1) is 24.7 Å². The first kappa shape index (κ1) is 19.8. The number of allylic oxidation sites excluding steroid dienone is 1. The Labute approximate surface area is 162 Å². The lowest BCUT2D eigenvalue weighted by molar-refractivity contribution is -0.384. The molecular formula is C20H22N2O6. The van der Waals surface area contributed by atoms with Gasteiger partial charge in [0, 0.05) is 36.5 Å². The number of carbonyl (C=O) groups is 2. The van der Waals surface area contributed by atoms with E-state index in [9.17, 15) is 19.7 Å². The fourth-order valence-corrected chi connectivity index (χ4v) is 3.48. The highest BCUT2D eigenvalue weighted by atomic mass is 16.6. The number of non-ortho nitro benzene ring substituents is 1. The monoisotopic (exact) mass is 386 g/mol. The Bertz CT molecular complexity index is 852. The summed E-state index contributed by atoms with van der Waals surface area (Å²) in [5.74, 6) is -1.47. The second-order valence-electron chi connectivity index (χ2n) is 6.50. The quantitative estimate of drug-likeness (QED) is 0.320. The molecule has 0 bridgehead atoms. The zero-order valence-electron chi connectivity index (χ0n) is 15.7. The van der Waals surface area contributed by atoms with E-state index in [2.05, 4.69) is 0 Å². The molecule has 0 unspecified atom stereocenters. The van der Waals surface area contributed by atoms with Gasteiger partial charge in [0.15, 0.2) is 0 Å². The topological polar surface area (TPSA) is 99.0 Å². The van der Waals surface area contributed by atoms with Crippen molar-refractivity contribution in [2.75, 3.05) is 32.9 Å². The molecule has 0 saturated carbocycles. The van der Waals surface area contributed by atoms with Crippen LogP contribution in [-0.2, 0) is 19.1 Å². The molecule has 0 N–H and O–H groups in total. The Morgan fingerprint density at radius 1 is 1.29 bits per heavy atom. The van der Waals surface area contributed by atoms with Crippen molar-refractivity contribution in [3.8, 4) is 0 Å². The number of benzene rings is 1. The summed E-state index contributed by atoms with van der Waals surface area (Å²) in [5, 5.41) is 11.0. The summed E-state index contributed by atoms with van der Waals surface area (Å²) in [6, 6.07) is 6.34. The highest BCUT2D eigenvalue weighted by Crippen LogP contribution is 2.36. The fraction of sp³-hybridized carbons (Fsp3) is 0.400. The molecule has 2 aliphatic rings. The Kier molecular flexibility index (Phi) is 6.20. The van der Waals surface area contributed by atoms with Crippen molar-refractivity contribution in [3.63, 3.8) is 0 Å². The molecule has 0 radical (unpaired) electrons. The van der Waals surface area contributed by atoms with Gasteiger partial charge in [0.2, 0.25) is 0 Å². The SMILES string of the molecule is CCOC(=O)C(=O)C1=C(N2CCOCC2)C(=Cc2cccc([N+](=O)[O-])c2)CC1. The van der Waals surface area contributed by atoms with E-state index in [0.717, 1.165) is 11.3 Å². The number of hydrogen-bond donors (Lipinski definition) is 0. The van der Waals surface area contributed by atoms with Crippen LogP contribution in [0, 0.1) is 10.1 Å². The summed E-state index contributed by atoms with van der Waals surface area (Å²) in [6.45, 7) is 4.09. The number of morpholine rings is 1. The van der Waals surface area contributed by atoms with Crippen LogP contribution >= 0.6 is 0 Å². The summed E-state index contributed by atoms with van der Waals surface area (Å²) >= 11 is 0. The van der Waals surface area contributed by atoms with Gasteiger partial charge >= 0.3 is 5.97 Å². The molecule has 0 spiro atoms. The molecular weight excluding hydrogens is 364 g/mol. The van der Waals surface area contributed by atoms with Crippen molar-refractivity contribution in [2.24, 2.45) is 0 Å². The first-order chi connectivity index (χ1) is 13.5. The van der Waals surface area contributed by atoms with Gasteiger partial charge < -0.3 is 14.4 Å². The lowest BCUT2D eigenvalue weighted by atomic mass is 10.1. The number of ketones is 1. The van der Waals surface area contributed by atoms with E-state index in [-0.39, 0.29) is 12.3 Å². The molecule has 0 atom stereocenters. The van der Waals surface area contributed by atoms with Crippen LogP contribution in [0.25, 0.3) is 6.08 Å². The van der Waals surface area contributed by atoms with Gasteiger partial charge in [-0.25, -0.2) is 4.79 Å². The smallest absolute Gasteiger partial charge is 0.379 e. The molecule has 1 saturated heterocycles. The van der Waals surface area contributed by atoms with Crippen LogP contribution in [0.5, 0.6) is 0 Å². The minimum atomic E-state index is -0.847. The van der Waals surface area contributed by atoms with Crippen LogP contribution < -0.4 is 0 Å². The number of nitrogens with zero attached hydrogens (tertiary/aromatic N) is 2. The maximum atomic E-state index is 12.6. The average Bonchev–Trinajstić information content (AvgIpc) is 3.11. The fourth-order valence-electron chi connectivity index (χ4n) is 3.48. The van der Waals surface area contributed by atoms with E-state index in [1.807, 2.05) is 11.0 Å². The molecule has 1 fully saturated rings. The van der Waals surface area contributed by atoms with Crippen LogP contribution in [0.3, 0.4) is 0 Å². The number of hydrogen-bond acceptors (Lipinski definition) is 7. The van der Waals surface area contributed by atoms with Crippen molar-refractivity contribution in [3.05, 3.63) is 56.8 Å². The van der Waals surface area contributed by atoms with Gasteiger partial charge in [0.1, 0.15) is 0 Å². The van der Waals surface area contributed by atoms with Crippen LogP contribution in [0.1, 0.15) is 25.3 Å². The summed E-state index contributed by atoms with van der Waals surface area (Å²) in [4.78, 5) is 37.3. The van der Waals surface area contributed by atoms with Crippen LogP contribution in [0.2, 0.25) is 0 Å². The largest absolute Gasteiger partial charge is 0.460 e. The lowest BCUT2D eigenvalue weighted by Gasteiger charge is -2.31. The van der Waals surface area contributed by atoms with E-state index in [1.165, 1.54) is 12.1 Å². The number of nitro groups is 1. The van der Waals surface area contributed by atoms with Gasteiger partial charge in [-0.05, 0) is 37.0 Å². The van der Waals surface area contributed by atoms with E-state index in [1.54, 1.807) is 19.1 Å². The zero-order chi connectivity index (χ0) is 20.1. The Hall–Kier alpha value is -3.00. The van der Waals surface area contributed by atoms with E-state index in [4.69, 9.17) is 9.47 Å². The van der Waals surface area contributed by atoms with Crippen molar-refractivity contribution in [1.82, 2.24) is 4.90 Å². The van der Waals surface area contributed by atoms with E-state index < -0.39 is 16.7 Å². The molecule has 8 heteroatoms. The van der Waals surface area contributed by atoms with E-state index in [0.29, 0.717) is 50.3 Å². The van der Waals surface area contributed by atoms with Crippen molar-refractivity contribution < 1.29 is 24.0 Å². The minimum absolute atomic E-state index is 0.00655. The third kappa shape index (κ3) is 4.28. The Morgan fingerprint density at radius 3 is 2.71 bits per heavy atom. The molecule has 28 heavy (non-hydrogen) atoms. The molecule has 1 aromatic rings. The predicted molar refractivity (Wildman–Crippen MR) is 101 cm³/mol. The molecule has 1 aromatic carbocycles. The van der Waals surface area contributed by atoms with Gasteiger partial charge in [-0.1, -0.05) is 12.1 Å². The van der Waals surface area contributed by atoms with Crippen molar-refractivity contribution in [1.29, 1.82) is 0 Å². The molecule has 1 aliphatic carbocycles. The average molecular weight is 386 g/mol. The number of Topliss-reactive ketones (excluding diaryl/α,β-unsaturated/α-hetero) is 1. The maximum Gasteiger partial charge on any atom is 0.379 e. The summed E-state index contributed by atoms with van der Waals surface area (Å²) in [5.41, 5.74) is 2.74. The number of ether oxygens (including phenoxy) is 2. The second kappa shape index (κ2) is 8.79. The third-order valence-corrected chi connectivity index (χ3v) is 4.72. The Balaban J connectivity index is 2.00. The summed E-state index contributed by atoms with van der Waals surface area (Å²) < 4.78 is 10.3. The molecule has 8 nitrogen and oxygen atoms in total. The highest BCUT2D eigenvalue weighted by Gasteiger charge is 2.33. The van der Waals surface area contributed by atoms with Crippen LogP contribution in [0.15, 0.2) is 41.1 Å². The van der Waals surface area contributed by atoms with E-state index >= 15 is 0 Å². The highest BCUT2D eigenvalue weighted by molar-refractivity contribution is 6.40. The summed E-state index contributed by atoms with van der Waals surface area (Å²) in [7, 11) is 0. The van der Waals surface area contributed by atoms with Gasteiger partial charge in [-0.15, -0.1) is 0 Å². The second-order valence-corrected chi connectivity index (χ2v) is 6.50. The van der Waals surface area contributed by atoms with Crippen LogP contribution in [0.4, 0.5) is 5.69 Å². The standard InChI is InChI=1S/C20H22N2O6/c1-2-28-20(24)19(23)17-7-6-15(18(17)21-8-10-27-11-9-21)12-14-4-3-5-16(13-14)22(25)26/h3-5,12-13H,2,6-11H2,1H3. The maximum absolute atomic E-state index is 12.6. The normalized spacial score (nSPS) is 18.5. The van der Waals surface area contributed by atoms with Gasteiger partial charge in [-0.2, -0.15) is 0 Å². The Morgan fingerprint density at radius 2 is 2.04 bits per heavy atom. The molecule has 1 heterocycles. The van der Waals surface area contributed by atoms with Gasteiger partial charge in [-0.3, -0.25) is 14.9 Å². The molecule has 3 rings (SSSR count). The predicted octanol–water partition coefficient (Wildman–Crippen LogP) is 2.49. The minimum Gasteiger partial charge on any atom is -0.460 e. The lowest BCUT2D eigenvalue weighted by Crippen LogP contribution is -2.37. The number of nitro benzene ring substituents is 1. The summed E-state index contributed by atoms with van der Waals surface area (Å²) in [6.07, 6.45) is 2.87. The molecule has 1 aliphatic heterocycles. The molecule has 0 amide bonds. The van der Waals surface area contributed by atoms with Crippen molar-refractivity contribution >= 4 is 23.5 Å². The number of rotatable bonds is 6. The first-order valence-corrected chi connectivity index (χ1v) is 9.24. The first-order valence-electron chi connectivity index (χ1n) is 9.24. The zero-order valence-corrected chi connectivity index (χ0v) is 15.7. The van der Waals surface area contributed by atoms with Crippen molar-refractivity contribution in [2.45, 2.75) is 19.8 Å². The number of carbonyl (C=O) groups excluding carboxylic acids is 2. The third-order valence-electron chi connectivity index (χ3n) is 4.72. The molecule has 148 valence electrons. The number of esters is 1. The van der Waals surface area contributed by atoms with Crippen LogP contribution in [-0.4, -0.2) is 54.5 Å². The van der Waals surface area contributed by atoms with Gasteiger partial charge in [0.25, 0.3) is 11.5 Å². The molecule has 0 aromatic heterocycles.